The monoisotopic (exact) mass is 489 g/mol. The summed E-state index contributed by atoms with van der Waals surface area (Å²) in [5.74, 6) is -6.14. The summed E-state index contributed by atoms with van der Waals surface area (Å²) in [5.41, 5.74) is 16.1. The molecule has 34 heavy (non-hydrogen) atoms. The van der Waals surface area contributed by atoms with Gasteiger partial charge in [0.2, 0.25) is 17.7 Å². The number of aliphatic imine (C=N–C) groups is 1. The lowest BCUT2D eigenvalue weighted by molar-refractivity contribution is -0.144. The van der Waals surface area contributed by atoms with E-state index in [1.54, 1.807) is 13.8 Å². The third-order valence-electron chi connectivity index (χ3n) is 4.66. The molecule has 5 unspecified atom stereocenters. The summed E-state index contributed by atoms with van der Waals surface area (Å²) in [7, 11) is 0. The number of rotatable bonds is 15. The number of carbonyl (C=O) groups is 5. The SMILES string of the molecule is CC(C)C(N)C(=O)NC(CC(=O)O)C(=O)NC(C(=O)NC(CCCN=C(N)N)C(=O)O)C(C)O. The molecule has 0 saturated heterocycles. The van der Waals surface area contributed by atoms with Gasteiger partial charge in [-0.25, -0.2) is 4.79 Å². The lowest BCUT2D eigenvalue weighted by Crippen LogP contribution is -2.60. The zero-order valence-corrected chi connectivity index (χ0v) is 19.4. The molecule has 0 aromatic carbocycles. The smallest absolute Gasteiger partial charge is 0.326 e. The Labute approximate surface area is 196 Å². The van der Waals surface area contributed by atoms with Gasteiger partial charge in [-0.1, -0.05) is 13.8 Å². The first-order chi connectivity index (χ1) is 15.7. The van der Waals surface area contributed by atoms with Crippen molar-refractivity contribution in [1.29, 1.82) is 0 Å². The number of amides is 3. The maximum absolute atomic E-state index is 12.6. The van der Waals surface area contributed by atoms with E-state index < -0.39 is 66.4 Å². The van der Waals surface area contributed by atoms with E-state index in [0.29, 0.717) is 0 Å². The highest BCUT2D eigenvalue weighted by Gasteiger charge is 2.33. The molecule has 0 saturated carbocycles. The van der Waals surface area contributed by atoms with Gasteiger partial charge in [-0.3, -0.25) is 24.2 Å². The summed E-state index contributed by atoms with van der Waals surface area (Å²) in [5, 5.41) is 35.0. The zero-order chi connectivity index (χ0) is 26.6. The summed E-state index contributed by atoms with van der Waals surface area (Å²) in [4.78, 5) is 63.8. The Morgan fingerprint density at radius 2 is 1.44 bits per heavy atom. The molecule has 0 radical (unpaired) electrons. The maximum atomic E-state index is 12.6. The molecule has 0 rings (SSSR count). The lowest BCUT2D eigenvalue weighted by Gasteiger charge is -2.26. The molecule has 194 valence electrons. The number of carboxylic acids is 2. The van der Waals surface area contributed by atoms with Gasteiger partial charge in [-0.05, 0) is 25.7 Å². The van der Waals surface area contributed by atoms with Gasteiger partial charge in [0, 0.05) is 6.54 Å². The van der Waals surface area contributed by atoms with E-state index in [1.165, 1.54) is 6.92 Å². The number of nitrogens with two attached hydrogens (primary N) is 3. The Morgan fingerprint density at radius 1 is 0.882 bits per heavy atom. The Balaban J connectivity index is 5.39. The molecule has 15 nitrogen and oxygen atoms in total. The van der Waals surface area contributed by atoms with E-state index in [1.807, 2.05) is 0 Å². The fourth-order valence-corrected chi connectivity index (χ4v) is 2.64. The second-order valence-corrected chi connectivity index (χ2v) is 8.00. The molecule has 0 fully saturated rings. The molecule has 15 heteroatoms. The summed E-state index contributed by atoms with van der Waals surface area (Å²) < 4.78 is 0. The highest BCUT2D eigenvalue weighted by atomic mass is 16.4. The summed E-state index contributed by atoms with van der Waals surface area (Å²) in [6, 6.07) is -5.63. The fourth-order valence-electron chi connectivity index (χ4n) is 2.64. The third kappa shape index (κ3) is 11.4. The predicted molar refractivity (Wildman–Crippen MR) is 120 cm³/mol. The molecule has 0 heterocycles. The number of carboxylic acid groups (broad SMARTS) is 2. The summed E-state index contributed by atoms with van der Waals surface area (Å²) >= 11 is 0. The molecule has 0 aromatic heterocycles. The molecule has 0 aliphatic rings. The molecular formula is C19H35N7O8. The number of nitrogens with one attached hydrogen (secondary N) is 3. The number of aliphatic hydroxyl groups excluding tert-OH is 1. The number of aliphatic carboxylic acids is 2. The third-order valence-corrected chi connectivity index (χ3v) is 4.66. The topological polar surface area (TPSA) is 273 Å². The Kier molecular flexibility index (Phi) is 13.2. The van der Waals surface area contributed by atoms with Crippen LogP contribution in [0.15, 0.2) is 4.99 Å². The van der Waals surface area contributed by atoms with Crippen LogP contribution in [-0.4, -0.2) is 87.8 Å². The van der Waals surface area contributed by atoms with Crippen LogP contribution in [0, 0.1) is 5.92 Å². The van der Waals surface area contributed by atoms with E-state index in [-0.39, 0.29) is 31.3 Å². The van der Waals surface area contributed by atoms with Crippen LogP contribution in [0.2, 0.25) is 0 Å². The van der Waals surface area contributed by atoms with Crippen LogP contribution in [0.5, 0.6) is 0 Å². The summed E-state index contributed by atoms with van der Waals surface area (Å²) in [6.45, 7) is 4.59. The van der Waals surface area contributed by atoms with Crippen LogP contribution in [-0.2, 0) is 24.0 Å². The van der Waals surface area contributed by atoms with Crippen molar-refractivity contribution < 1.29 is 39.3 Å². The molecule has 3 amide bonds. The van der Waals surface area contributed by atoms with Crippen LogP contribution in [0.4, 0.5) is 0 Å². The van der Waals surface area contributed by atoms with Crippen molar-refractivity contribution in [3.05, 3.63) is 0 Å². The number of hydrogen-bond acceptors (Lipinski definition) is 8. The van der Waals surface area contributed by atoms with Gasteiger partial charge in [0.05, 0.1) is 18.6 Å². The van der Waals surface area contributed by atoms with Crippen molar-refractivity contribution in [3.63, 3.8) is 0 Å². The lowest BCUT2D eigenvalue weighted by atomic mass is 10.0. The Morgan fingerprint density at radius 3 is 1.88 bits per heavy atom. The average molecular weight is 490 g/mol. The van der Waals surface area contributed by atoms with Crippen LogP contribution >= 0.6 is 0 Å². The van der Waals surface area contributed by atoms with Crippen molar-refractivity contribution >= 4 is 35.6 Å². The fraction of sp³-hybridized carbons (Fsp3) is 0.684. The predicted octanol–water partition coefficient (Wildman–Crippen LogP) is -3.58. The summed E-state index contributed by atoms with van der Waals surface area (Å²) in [6.07, 6.45) is -2.15. The molecule has 0 aliphatic heterocycles. The highest BCUT2D eigenvalue weighted by molar-refractivity contribution is 5.95. The van der Waals surface area contributed by atoms with Gasteiger partial charge in [-0.15, -0.1) is 0 Å². The second kappa shape index (κ2) is 14.6. The molecule has 0 aliphatic carbocycles. The minimum Gasteiger partial charge on any atom is -0.481 e. The van der Waals surface area contributed by atoms with Crippen molar-refractivity contribution in [3.8, 4) is 0 Å². The van der Waals surface area contributed by atoms with Crippen molar-refractivity contribution in [1.82, 2.24) is 16.0 Å². The normalized spacial score (nSPS) is 15.2. The van der Waals surface area contributed by atoms with Gasteiger partial charge < -0.3 is 48.5 Å². The standard InChI is InChI=1S/C19H35N7O8/c1-8(2)13(20)16(31)25-11(7-12(28)29)15(30)26-14(9(3)27)17(32)24-10(18(33)34)5-4-6-23-19(21)22/h8-11,13-14,27H,4-7,20H2,1-3H3,(H,24,32)(H,25,31)(H,26,30)(H,28,29)(H,33,34)(H4,21,22,23). The van der Waals surface area contributed by atoms with Crippen LogP contribution in [0.1, 0.15) is 40.0 Å². The van der Waals surface area contributed by atoms with Crippen molar-refractivity contribution in [2.45, 2.75) is 70.3 Å². The first-order valence-electron chi connectivity index (χ1n) is 10.5. The number of aliphatic hydroxyl groups is 1. The number of nitrogens with zero attached hydrogens (tertiary/aromatic N) is 1. The van der Waals surface area contributed by atoms with Gasteiger partial charge in [0.1, 0.15) is 18.1 Å². The molecule has 0 spiro atoms. The minimum absolute atomic E-state index is 0.0525. The molecule has 0 aromatic rings. The number of guanidine groups is 1. The molecule has 12 N–H and O–H groups in total. The van der Waals surface area contributed by atoms with Crippen LogP contribution in [0.3, 0.4) is 0 Å². The van der Waals surface area contributed by atoms with E-state index >= 15 is 0 Å². The van der Waals surface area contributed by atoms with E-state index in [0.717, 1.165) is 0 Å². The van der Waals surface area contributed by atoms with Gasteiger partial charge in [0.25, 0.3) is 0 Å². The second-order valence-electron chi connectivity index (χ2n) is 8.00. The minimum atomic E-state index is -1.64. The van der Waals surface area contributed by atoms with Gasteiger partial charge in [-0.2, -0.15) is 0 Å². The van der Waals surface area contributed by atoms with Gasteiger partial charge >= 0.3 is 11.9 Å². The number of carbonyl (C=O) groups excluding carboxylic acids is 3. The van der Waals surface area contributed by atoms with E-state index in [2.05, 4.69) is 20.9 Å². The first kappa shape index (κ1) is 30.5. The van der Waals surface area contributed by atoms with Crippen LogP contribution in [0.25, 0.3) is 0 Å². The molecule has 5 atom stereocenters. The molecule has 0 bridgehead atoms. The van der Waals surface area contributed by atoms with E-state index in [9.17, 15) is 34.2 Å². The number of hydrogen-bond donors (Lipinski definition) is 9. The average Bonchev–Trinajstić information content (AvgIpc) is 2.71. The Bertz CT molecular complexity index is 768. The van der Waals surface area contributed by atoms with E-state index in [4.69, 9.17) is 22.3 Å². The van der Waals surface area contributed by atoms with Crippen molar-refractivity contribution in [2.75, 3.05) is 6.54 Å². The van der Waals surface area contributed by atoms with Crippen molar-refractivity contribution in [2.24, 2.45) is 28.1 Å². The first-order valence-corrected chi connectivity index (χ1v) is 10.5. The maximum Gasteiger partial charge on any atom is 0.326 e. The molecular weight excluding hydrogens is 454 g/mol. The van der Waals surface area contributed by atoms with Crippen LogP contribution < -0.4 is 33.2 Å². The zero-order valence-electron chi connectivity index (χ0n) is 19.4. The van der Waals surface area contributed by atoms with Gasteiger partial charge in [0.15, 0.2) is 5.96 Å². The quantitative estimate of drug-likeness (QED) is 0.0616. The largest absolute Gasteiger partial charge is 0.481 e. The Hall–Kier alpha value is -3.46. The highest BCUT2D eigenvalue weighted by Crippen LogP contribution is 2.04.